The molecule has 0 unspecified atom stereocenters. The van der Waals surface area contributed by atoms with E-state index in [9.17, 15) is 22.8 Å². The summed E-state index contributed by atoms with van der Waals surface area (Å²) in [5.41, 5.74) is 0.445. The quantitative estimate of drug-likeness (QED) is 0.516. The molecule has 0 radical (unpaired) electrons. The van der Waals surface area contributed by atoms with E-state index in [1.807, 2.05) is 0 Å². The molecule has 0 N–H and O–H groups in total. The largest absolute Gasteiger partial charge is 0.307 e. The van der Waals surface area contributed by atoms with Crippen molar-refractivity contribution in [1.29, 1.82) is 0 Å². The van der Waals surface area contributed by atoms with Crippen molar-refractivity contribution in [3.05, 3.63) is 76.0 Å². The number of hydrogen-bond donors (Lipinski definition) is 0. The summed E-state index contributed by atoms with van der Waals surface area (Å²) in [4.78, 5) is 25.2. The number of fused-ring (bicyclic) bond motifs is 3. The second-order valence-corrected chi connectivity index (χ2v) is 6.82. The molecule has 8 heteroatoms. The van der Waals surface area contributed by atoms with E-state index < -0.39 is 17.5 Å². The molecule has 2 aromatic heterocycles. The van der Waals surface area contributed by atoms with Crippen LogP contribution in [-0.2, 0) is 24.8 Å². The fourth-order valence-corrected chi connectivity index (χ4v) is 3.54. The Hall–Kier alpha value is -3.42. The van der Waals surface area contributed by atoms with E-state index >= 15 is 0 Å². The standard InChI is InChI=1S/C21H16F3N3O2/c1-26-20-15(11-25-26)21(29)27(18-4-2-3-16(23)19(18)20)8-7-14(28)9-12-5-6-13(22)10-17(12)24/h2-6,10-11H,7-9H2,1H3. The molecular formula is C21H16F3N3O2. The predicted molar refractivity (Wildman–Crippen MR) is 102 cm³/mol. The van der Waals surface area contributed by atoms with Gasteiger partial charge in [-0.25, -0.2) is 13.2 Å². The molecule has 4 aromatic rings. The maximum absolute atomic E-state index is 14.6. The van der Waals surface area contributed by atoms with E-state index in [1.165, 1.54) is 33.6 Å². The molecule has 0 aliphatic heterocycles. The maximum Gasteiger partial charge on any atom is 0.262 e. The van der Waals surface area contributed by atoms with Crippen LogP contribution in [0.2, 0.25) is 0 Å². The van der Waals surface area contributed by atoms with Gasteiger partial charge < -0.3 is 4.57 Å². The number of rotatable bonds is 5. The van der Waals surface area contributed by atoms with Crippen LogP contribution in [0.1, 0.15) is 12.0 Å². The smallest absolute Gasteiger partial charge is 0.262 e. The average Bonchev–Trinajstić information content (AvgIpc) is 3.06. The molecule has 2 heterocycles. The van der Waals surface area contributed by atoms with E-state index in [4.69, 9.17) is 0 Å². The van der Waals surface area contributed by atoms with Crippen LogP contribution in [-0.4, -0.2) is 20.1 Å². The Labute approximate surface area is 163 Å². The summed E-state index contributed by atoms with van der Waals surface area (Å²) >= 11 is 0. The van der Waals surface area contributed by atoms with Crippen molar-refractivity contribution in [3.63, 3.8) is 0 Å². The number of ketones is 1. The lowest BCUT2D eigenvalue weighted by molar-refractivity contribution is -0.118. The number of pyridine rings is 1. The summed E-state index contributed by atoms with van der Waals surface area (Å²) < 4.78 is 44.1. The molecule has 0 aliphatic rings. The van der Waals surface area contributed by atoms with Crippen LogP contribution in [0.4, 0.5) is 13.2 Å². The number of Topliss-reactive ketones (excluding diaryl/α,β-unsaturated/α-hetero) is 1. The number of carbonyl (C=O) groups is 1. The molecule has 5 nitrogen and oxygen atoms in total. The summed E-state index contributed by atoms with van der Waals surface area (Å²) in [5, 5.41) is 4.56. The lowest BCUT2D eigenvalue weighted by atomic mass is 10.1. The highest BCUT2D eigenvalue weighted by Gasteiger charge is 2.18. The van der Waals surface area contributed by atoms with E-state index in [0.717, 1.165) is 12.1 Å². The minimum Gasteiger partial charge on any atom is -0.307 e. The normalized spacial score (nSPS) is 11.4. The molecule has 0 saturated carbocycles. The van der Waals surface area contributed by atoms with E-state index in [2.05, 4.69) is 5.10 Å². The van der Waals surface area contributed by atoms with Crippen LogP contribution in [0.15, 0.2) is 47.4 Å². The first-order valence-electron chi connectivity index (χ1n) is 8.95. The van der Waals surface area contributed by atoms with Gasteiger partial charge in [-0.2, -0.15) is 5.10 Å². The highest BCUT2D eigenvalue weighted by atomic mass is 19.1. The van der Waals surface area contributed by atoms with Gasteiger partial charge in [0.15, 0.2) is 0 Å². The number of aryl methyl sites for hydroxylation is 2. The van der Waals surface area contributed by atoms with Gasteiger partial charge in [-0.1, -0.05) is 12.1 Å². The maximum atomic E-state index is 14.6. The monoisotopic (exact) mass is 399 g/mol. The van der Waals surface area contributed by atoms with Gasteiger partial charge in [0.25, 0.3) is 5.56 Å². The Balaban J connectivity index is 1.69. The van der Waals surface area contributed by atoms with Crippen molar-refractivity contribution >= 4 is 27.6 Å². The van der Waals surface area contributed by atoms with Crippen molar-refractivity contribution in [2.24, 2.45) is 7.05 Å². The van der Waals surface area contributed by atoms with Gasteiger partial charge >= 0.3 is 0 Å². The van der Waals surface area contributed by atoms with Crippen LogP contribution in [0, 0.1) is 17.5 Å². The van der Waals surface area contributed by atoms with Gasteiger partial charge in [0.1, 0.15) is 23.2 Å². The fourth-order valence-electron chi connectivity index (χ4n) is 3.54. The Kier molecular flexibility index (Phi) is 4.70. The third-order valence-electron chi connectivity index (χ3n) is 4.95. The van der Waals surface area contributed by atoms with Gasteiger partial charge in [0.2, 0.25) is 0 Å². The van der Waals surface area contributed by atoms with Crippen molar-refractivity contribution < 1.29 is 18.0 Å². The van der Waals surface area contributed by atoms with Crippen LogP contribution in [0.25, 0.3) is 21.8 Å². The Bertz CT molecular complexity index is 1320. The zero-order chi connectivity index (χ0) is 20.7. The molecule has 4 rings (SSSR count). The van der Waals surface area contributed by atoms with Crippen molar-refractivity contribution in [3.8, 4) is 0 Å². The Morgan fingerprint density at radius 1 is 1.10 bits per heavy atom. The molecule has 0 bridgehead atoms. The Morgan fingerprint density at radius 3 is 2.66 bits per heavy atom. The zero-order valence-electron chi connectivity index (χ0n) is 15.5. The molecule has 148 valence electrons. The molecule has 0 spiro atoms. The molecule has 0 aliphatic carbocycles. The van der Waals surface area contributed by atoms with Gasteiger partial charge in [0.05, 0.1) is 28.0 Å². The first-order valence-corrected chi connectivity index (χ1v) is 8.95. The number of aromatic nitrogens is 3. The number of benzene rings is 2. The average molecular weight is 399 g/mol. The van der Waals surface area contributed by atoms with Gasteiger partial charge in [-0.15, -0.1) is 0 Å². The van der Waals surface area contributed by atoms with Crippen molar-refractivity contribution in [2.45, 2.75) is 19.4 Å². The molecule has 0 atom stereocenters. The first-order chi connectivity index (χ1) is 13.9. The van der Waals surface area contributed by atoms with E-state index in [1.54, 1.807) is 13.1 Å². The number of nitrogens with zero attached hydrogens (tertiary/aromatic N) is 3. The zero-order valence-corrected chi connectivity index (χ0v) is 15.5. The topological polar surface area (TPSA) is 56.9 Å². The van der Waals surface area contributed by atoms with E-state index in [0.29, 0.717) is 11.0 Å². The van der Waals surface area contributed by atoms with Gasteiger partial charge in [-0.3, -0.25) is 14.3 Å². The van der Waals surface area contributed by atoms with Crippen molar-refractivity contribution in [2.75, 3.05) is 0 Å². The van der Waals surface area contributed by atoms with Crippen LogP contribution >= 0.6 is 0 Å². The fraction of sp³-hybridized carbons (Fsp3) is 0.190. The molecule has 0 saturated heterocycles. The molecule has 2 aromatic carbocycles. The van der Waals surface area contributed by atoms with Crippen molar-refractivity contribution in [1.82, 2.24) is 14.3 Å². The minimum absolute atomic E-state index is 0.00523. The highest BCUT2D eigenvalue weighted by molar-refractivity contribution is 6.03. The van der Waals surface area contributed by atoms with Gasteiger partial charge in [0, 0.05) is 32.5 Å². The lowest BCUT2D eigenvalue weighted by Gasteiger charge is -2.12. The van der Waals surface area contributed by atoms with E-state index in [-0.39, 0.29) is 47.1 Å². The SMILES string of the molecule is Cn1ncc2c(=O)n(CCC(=O)Cc3ccc(F)cc3F)c3cccc(F)c3c21. The minimum atomic E-state index is -0.792. The molecular weight excluding hydrogens is 383 g/mol. The summed E-state index contributed by atoms with van der Waals surface area (Å²) in [7, 11) is 1.62. The molecule has 0 amide bonds. The third-order valence-corrected chi connectivity index (χ3v) is 4.95. The number of halogens is 3. The molecule has 29 heavy (non-hydrogen) atoms. The van der Waals surface area contributed by atoms with Crippen LogP contribution in [0.5, 0.6) is 0 Å². The Morgan fingerprint density at radius 2 is 1.90 bits per heavy atom. The van der Waals surface area contributed by atoms with Gasteiger partial charge in [-0.05, 0) is 23.8 Å². The predicted octanol–water partition coefficient (Wildman–Crippen LogP) is 3.51. The molecule has 0 fully saturated rings. The summed E-state index contributed by atoms with van der Waals surface area (Å²) in [6, 6.07) is 7.43. The summed E-state index contributed by atoms with van der Waals surface area (Å²) in [6.07, 6.45) is 1.09. The second-order valence-electron chi connectivity index (χ2n) is 6.82. The van der Waals surface area contributed by atoms with Crippen LogP contribution < -0.4 is 5.56 Å². The lowest BCUT2D eigenvalue weighted by Crippen LogP contribution is -2.23. The van der Waals surface area contributed by atoms with Crippen LogP contribution in [0.3, 0.4) is 0 Å². The number of hydrogen-bond acceptors (Lipinski definition) is 3. The summed E-state index contributed by atoms with van der Waals surface area (Å²) in [6.45, 7) is 0.00523. The number of carbonyl (C=O) groups excluding carboxylic acids is 1. The third kappa shape index (κ3) is 3.30. The first kappa shape index (κ1) is 18.9. The highest BCUT2D eigenvalue weighted by Crippen LogP contribution is 2.25. The second kappa shape index (κ2) is 7.20. The summed E-state index contributed by atoms with van der Waals surface area (Å²) in [5.74, 6) is -2.33.